The Kier molecular flexibility index (Phi) is 4.85. The minimum atomic E-state index is -0.212. The standard InChI is InChI=1S/C17H21FN2/c1-4-9-19-17(14-5-7-15(18)8-6-14)16-13(3)10-12(2)11-20-16/h5-8,10-11,17,19H,4,9H2,1-3H3. The third-order valence-electron chi connectivity index (χ3n) is 3.33. The lowest BCUT2D eigenvalue weighted by atomic mass is 9.99. The molecule has 2 aromatic rings. The Labute approximate surface area is 120 Å². The molecule has 2 rings (SSSR count). The lowest BCUT2D eigenvalue weighted by molar-refractivity contribution is 0.579. The number of halogens is 1. The maximum atomic E-state index is 13.1. The van der Waals surface area contributed by atoms with E-state index in [-0.39, 0.29) is 11.9 Å². The highest BCUT2D eigenvalue weighted by molar-refractivity contribution is 5.33. The fourth-order valence-electron chi connectivity index (χ4n) is 2.34. The molecule has 0 spiro atoms. The van der Waals surface area contributed by atoms with Crippen molar-refractivity contribution < 1.29 is 4.39 Å². The first-order valence-corrected chi connectivity index (χ1v) is 7.03. The molecule has 0 radical (unpaired) electrons. The molecule has 0 aliphatic carbocycles. The Hall–Kier alpha value is -1.74. The zero-order valence-electron chi connectivity index (χ0n) is 12.3. The van der Waals surface area contributed by atoms with Crippen LogP contribution in [0.5, 0.6) is 0 Å². The van der Waals surface area contributed by atoms with E-state index in [1.165, 1.54) is 12.1 Å². The van der Waals surface area contributed by atoms with E-state index >= 15 is 0 Å². The molecule has 20 heavy (non-hydrogen) atoms. The summed E-state index contributed by atoms with van der Waals surface area (Å²) in [7, 11) is 0. The lowest BCUT2D eigenvalue weighted by Crippen LogP contribution is -2.25. The number of rotatable bonds is 5. The van der Waals surface area contributed by atoms with Crippen LogP contribution >= 0.6 is 0 Å². The zero-order chi connectivity index (χ0) is 14.5. The number of hydrogen-bond donors (Lipinski definition) is 1. The van der Waals surface area contributed by atoms with Gasteiger partial charge in [0.2, 0.25) is 0 Å². The molecule has 0 aliphatic rings. The number of hydrogen-bond acceptors (Lipinski definition) is 2. The number of nitrogens with zero attached hydrogens (tertiary/aromatic N) is 1. The normalized spacial score (nSPS) is 12.4. The van der Waals surface area contributed by atoms with Crippen molar-refractivity contribution >= 4 is 0 Å². The van der Waals surface area contributed by atoms with Gasteiger partial charge in [0.15, 0.2) is 0 Å². The van der Waals surface area contributed by atoms with E-state index in [9.17, 15) is 4.39 Å². The molecule has 3 heteroatoms. The third-order valence-corrected chi connectivity index (χ3v) is 3.33. The average molecular weight is 272 g/mol. The van der Waals surface area contributed by atoms with Gasteiger partial charge < -0.3 is 5.32 Å². The molecule has 0 bridgehead atoms. The summed E-state index contributed by atoms with van der Waals surface area (Å²) >= 11 is 0. The summed E-state index contributed by atoms with van der Waals surface area (Å²) in [6.07, 6.45) is 2.93. The van der Waals surface area contributed by atoms with Gasteiger partial charge in [0.05, 0.1) is 11.7 Å². The Morgan fingerprint density at radius 3 is 2.50 bits per heavy atom. The van der Waals surface area contributed by atoms with Crippen LogP contribution in [0.3, 0.4) is 0 Å². The molecule has 1 atom stereocenters. The molecule has 1 aromatic heterocycles. The van der Waals surface area contributed by atoms with Gasteiger partial charge >= 0.3 is 0 Å². The van der Waals surface area contributed by atoms with Crippen molar-refractivity contribution in [3.8, 4) is 0 Å². The van der Waals surface area contributed by atoms with E-state index in [4.69, 9.17) is 0 Å². The van der Waals surface area contributed by atoms with E-state index in [0.717, 1.165) is 35.3 Å². The van der Waals surface area contributed by atoms with E-state index in [1.807, 2.05) is 25.3 Å². The Morgan fingerprint density at radius 1 is 1.20 bits per heavy atom. The molecule has 106 valence electrons. The SMILES string of the molecule is CCCNC(c1ccc(F)cc1)c1ncc(C)cc1C. The first kappa shape index (κ1) is 14.7. The second-order valence-corrected chi connectivity index (χ2v) is 5.15. The number of aryl methyl sites for hydroxylation is 2. The molecule has 0 aliphatic heterocycles. The molecule has 0 fully saturated rings. The molecule has 0 saturated carbocycles. The summed E-state index contributed by atoms with van der Waals surface area (Å²) in [4.78, 5) is 4.57. The van der Waals surface area contributed by atoms with Crippen LogP contribution in [-0.2, 0) is 0 Å². The van der Waals surface area contributed by atoms with Gasteiger partial charge in [-0.1, -0.05) is 25.1 Å². The van der Waals surface area contributed by atoms with Gasteiger partial charge in [-0.2, -0.15) is 0 Å². The van der Waals surface area contributed by atoms with E-state index in [2.05, 4.69) is 30.2 Å². The summed E-state index contributed by atoms with van der Waals surface area (Å²) in [5, 5.41) is 3.50. The summed E-state index contributed by atoms with van der Waals surface area (Å²) in [6.45, 7) is 7.14. The molecule has 0 amide bonds. The Bertz CT molecular complexity index is 564. The first-order chi connectivity index (χ1) is 9.61. The van der Waals surface area contributed by atoms with Gasteiger partial charge in [0, 0.05) is 6.20 Å². The topological polar surface area (TPSA) is 24.9 Å². The number of pyridine rings is 1. The van der Waals surface area contributed by atoms with E-state index in [1.54, 1.807) is 0 Å². The Morgan fingerprint density at radius 2 is 1.90 bits per heavy atom. The maximum absolute atomic E-state index is 13.1. The molecule has 0 saturated heterocycles. The minimum Gasteiger partial charge on any atom is -0.305 e. The van der Waals surface area contributed by atoms with Crippen LogP contribution in [0.4, 0.5) is 4.39 Å². The van der Waals surface area contributed by atoms with Crippen LogP contribution in [0.1, 0.15) is 41.8 Å². The Balaban J connectivity index is 2.38. The largest absolute Gasteiger partial charge is 0.305 e. The van der Waals surface area contributed by atoms with Gasteiger partial charge in [-0.05, 0) is 55.6 Å². The second kappa shape index (κ2) is 6.62. The van der Waals surface area contributed by atoms with Crippen LogP contribution in [0, 0.1) is 19.7 Å². The summed E-state index contributed by atoms with van der Waals surface area (Å²) in [6, 6.07) is 8.79. The zero-order valence-corrected chi connectivity index (χ0v) is 12.3. The summed E-state index contributed by atoms with van der Waals surface area (Å²) in [5.74, 6) is -0.212. The average Bonchev–Trinajstić information content (AvgIpc) is 2.42. The summed E-state index contributed by atoms with van der Waals surface area (Å²) in [5.41, 5.74) is 4.36. The molecular formula is C17H21FN2. The third kappa shape index (κ3) is 3.42. The number of aromatic nitrogens is 1. The number of nitrogens with one attached hydrogen (secondary N) is 1. The fraction of sp³-hybridized carbons (Fsp3) is 0.353. The molecular weight excluding hydrogens is 251 g/mol. The summed E-state index contributed by atoms with van der Waals surface area (Å²) < 4.78 is 13.1. The smallest absolute Gasteiger partial charge is 0.123 e. The van der Waals surface area contributed by atoms with Crippen molar-refractivity contribution in [3.63, 3.8) is 0 Å². The number of benzene rings is 1. The molecule has 1 N–H and O–H groups in total. The monoisotopic (exact) mass is 272 g/mol. The van der Waals surface area contributed by atoms with Gasteiger partial charge in [-0.3, -0.25) is 4.98 Å². The van der Waals surface area contributed by atoms with E-state index in [0.29, 0.717) is 0 Å². The van der Waals surface area contributed by atoms with Gasteiger partial charge in [0.25, 0.3) is 0 Å². The highest BCUT2D eigenvalue weighted by atomic mass is 19.1. The molecule has 2 nitrogen and oxygen atoms in total. The molecule has 1 unspecified atom stereocenters. The fourth-order valence-corrected chi connectivity index (χ4v) is 2.34. The highest BCUT2D eigenvalue weighted by Gasteiger charge is 2.17. The van der Waals surface area contributed by atoms with Crippen LogP contribution in [-0.4, -0.2) is 11.5 Å². The second-order valence-electron chi connectivity index (χ2n) is 5.15. The van der Waals surface area contributed by atoms with Gasteiger partial charge in [0.1, 0.15) is 5.82 Å². The van der Waals surface area contributed by atoms with E-state index < -0.39 is 0 Å². The maximum Gasteiger partial charge on any atom is 0.123 e. The minimum absolute atomic E-state index is 0.0103. The highest BCUT2D eigenvalue weighted by Crippen LogP contribution is 2.24. The lowest BCUT2D eigenvalue weighted by Gasteiger charge is -2.20. The van der Waals surface area contributed by atoms with Gasteiger partial charge in [-0.25, -0.2) is 4.39 Å². The van der Waals surface area contributed by atoms with Crippen LogP contribution in [0.25, 0.3) is 0 Å². The predicted molar refractivity (Wildman–Crippen MR) is 80.2 cm³/mol. The van der Waals surface area contributed by atoms with Crippen molar-refractivity contribution in [1.29, 1.82) is 0 Å². The van der Waals surface area contributed by atoms with Gasteiger partial charge in [-0.15, -0.1) is 0 Å². The van der Waals surface area contributed by atoms with Crippen LogP contribution in [0.15, 0.2) is 36.5 Å². The first-order valence-electron chi connectivity index (χ1n) is 7.03. The van der Waals surface area contributed by atoms with Crippen LogP contribution < -0.4 is 5.32 Å². The van der Waals surface area contributed by atoms with Crippen molar-refractivity contribution in [1.82, 2.24) is 10.3 Å². The van der Waals surface area contributed by atoms with Crippen molar-refractivity contribution in [2.24, 2.45) is 0 Å². The predicted octanol–water partition coefficient (Wildman–Crippen LogP) is 3.93. The van der Waals surface area contributed by atoms with Crippen molar-refractivity contribution in [2.45, 2.75) is 33.2 Å². The van der Waals surface area contributed by atoms with Crippen LogP contribution in [0.2, 0.25) is 0 Å². The van der Waals surface area contributed by atoms with Crippen molar-refractivity contribution in [2.75, 3.05) is 6.54 Å². The molecule has 1 heterocycles. The molecule has 1 aromatic carbocycles. The quantitative estimate of drug-likeness (QED) is 0.892. The van der Waals surface area contributed by atoms with Crippen molar-refractivity contribution in [3.05, 3.63) is 64.7 Å².